The van der Waals surface area contributed by atoms with Crippen molar-refractivity contribution in [2.45, 2.75) is 31.7 Å². The molecule has 0 spiro atoms. The van der Waals surface area contributed by atoms with Gasteiger partial charge in [-0.15, -0.1) is 10.2 Å². The lowest BCUT2D eigenvalue weighted by atomic mass is 9.87. The zero-order valence-electron chi connectivity index (χ0n) is 11.7. The molecule has 2 aromatic rings. The fourth-order valence-electron chi connectivity index (χ4n) is 2.74. The summed E-state index contributed by atoms with van der Waals surface area (Å²) >= 11 is 0. The van der Waals surface area contributed by atoms with Crippen LogP contribution < -0.4 is 10.6 Å². The van der Waals surface area contributed by atoms with Crippen molar-refractivity contribution in [2.75, 3.05) is 11.9 Å². The predicted molar refractivity (Wildman–Crippen MR) is 78.0 cm³/mol. The number of hydrogen-bond donors (Lipinski definition) is 3. The fourth-order valence-corrected chi connectivity index (χ4v) is 2.74. The number of anilines is 1. The quantitative estimate of drug-likeness (QED) is 0.796. The number of aliphatic hydroxyl groups is 1. The molecule has 0 aliphatic heterocycles. The Labute approximate surface area is 122 Å². The van der Waals surface area contributed by atoms with E-state index in [4.69, 9.17) is 5.11 Å². The SMILES string of the molecule is O=C(Nc1nnc2ccccn12)NC1CCC(CO)CC1. The maximum Gasteiger partial charge on any atom is 0.321 e. The minimum absolute atomic E-state index is 0.159. The average molecular weight is 289 g/mol. The summed E-state index contributed by atoms with van der Waals surface area (Å²) in [5, 5.41) is 22.7. The Morgan fingerprint density at radius 1 is 1.29 bits per heavy atom. The van der Waals surface area contributed by atoms with Crippen molar-refractivity contribution in [3.8, 4) is 0 Å². The van der Waals surface area contributed by atoms with Crippen LogP contribution in [0.3, 0.4) is 0 Å². The number of amides is 2. The van der Waals surface area contributed by atoms with E-state index in [0.717, 1.165) is 25.7 Å². The van der Waals surface area contributed by atoms with Gasteiger partial charge in [-0.05, 0) is 43.7 Å². The van der Waals surface area contributed by atoms with E-state index in [1.807, 2.05) is 18.2 Å². The molecule has 0 unspecified atom stereocenters. The van der Waals surface area contributed by atoms with Crippen LogP contribution in [0.4, 0.5) is 10.7 Å². The summed E-state index contributed by atoms with van der Waals surface area (Å²) in [6.07, 6.45) is 5.51. The summed E-state index contributed by atoms with van der Waals surface area (Å²) in [7, 11) is 0. The number of carbonyl (C=O) groups excluding carboxylic acids is 1. The summed E-state index contributed by atoms with van der Waals surface area (Å²) in [5.41, 5.74) is 0.691. The lowest BCUT2D eigenvalue weighted by molar-refractivity contribution is 0.176. The van der Waals surface area contributed by atoms with Gasteiger partial charge in [-0.1, -0.05) is 6.07 Å². The maximum absolute atomic E-state index is 12.0. The number of aromatic nitrogens is 3. The van der Waals surface area contributed by atoms with Crippen LogP contribution in [0.1, 0.15) is 25.7 Å². The molecule has 0 aromatic carbocycles. The highest BCUT2D eigenvalue weighted by Gasteiger charge is 2.22. The third kappa shape index (κ3) is 3.13. The van der Waals surface area contributed by atoms with Crippen molar-refractivity contribution in [1.29, 1.82) is 0 Å². The molecule has 7 nitrogen and oxygen atoms in total. The number of urea groups is 1. The molecule has 7 heteroatoms. The molecule has 3 rings (SSSR count). The molecule has 1 fully saturated rings. The second-order valence-electron chi connectivity index (χ2n) is 5.45. The molecule has 0 saturated heterocycles. The van der Waals surface area contributed by atoms with Crippen molar-refractivity contribution in [1.82, 2.24) is 19.9 Å². The van der Waals surface area contributed by atoms with E-state index < -0.39 is 0 Å². The average Bonchev–Trinajstić information content (AvgIpc) is 2.91. The number of rotatable bonds is 3. The number of carbonyl (C=O) groups is 1. The smallest absolute Gasteiger partial charge is 0.321 e. The minimum atomic E-state index is -0.263. The van der Waals surface area contributed by atoms with E-state index in [9.17, 15) is 4.79 Å². The zero-order valence-corrected chi connectivity index (χ0v) is 11.7. The van der Waals surface area contributed by atoms with Gasteiger partial charge in [0.15, 0.2) is 5.65 Å². The normalized spacial score (nSPS) is 22.1. The Bertz CT molecular complexity index is 619. The molecule has 1 aliphatic carbocycles. The largest absolute Gasteiger partial charge is 0.396 e. The van der Waals surface area contributed by atoms with Gasteiger partial charge >= 0.3 is 6.03 Å². The highest BCUT2D eigenvalue weighted by atomic mass is 16.3. The van der Waals surface area contributed by atoms with Crippen LogP contribution in [0.25, 0.3) is 5.65 Å². The van der Waals surface area contributed by atoms with E-state index in [1.54, 1.807) is 10.6 Å². The van der Waals surface area contributed by atoms with Crippen molar-refractivity contribution < 1.29 is 9.90 Å². The predicted octanol–water partition coefficient (Wildman–Crippen LogP) is 1.40. The highest BCUT2D eigenvalue weighted by molar-refractivity contribution is 5.87. The third-order valence-electron chi connectivity index (χ3n) is 3.98. The van der Waals surface area contributed by atoms with Gasteiger partial charge in [0, 0.05) is 18.8 Å². The Hall–Kier alpha value is -2.15. The van der Waals surface area contributed by atoms with Gasteiger partial charge in [0.25, 0.3) is 0 Å². The maximum atomic E-state index is 12.0. The number of aliphatic hydroxyl groups excluding tert-OH is 1. The third-order valence-corrected chi connectivity index (χ3v) is 3.98. The van der Waals surface area contributed by atoms with Crippen LogP contribution in [-0.4, -0.2) is 38.4 Å². The first-order valence-corrected chi connectivity index (χ1v) is 7.24. The van der Waals surface area contributed by atoms with Gasteiger partial charge in [0.1, 0.15) is 0 Å². The summed E-state index contributed by atoms with van der Waals surface area (Å²) in [6, 6.07) is 5.45. The summed E-state index contributed by atoms with van der Waals surface area (Å²) < 4.78 is 1.72. The second kappa shape index (κ2) is 6.09. The second-order valence-corrected chi connectivity index (χ2v) is 5.45. The lowest BCUT2D eigenvalue weighted by Crippen LogP contribution is -2.40. The Balaban J connectivity index is 1.57. The van der Waals surface area contributed by atoms with Gasteiger partial charge in [-0.25, -0.2) is 4.79 Å². The Morgan fingerprint density at radius 2 is 2.10 bits per heavy atom. The molecule has 2 heterocycles. The van der Waals surface area contributed by atoms with Gasteiger partial charge in [-0.2, -0.15) is 0 Å². The number of nitrogens with one attached hydrogen (secondary N) is 2. The van der Waals surface area contributed by atoms with Gasteiger partial charge < -0.3 is 10.4 Å². The van der Waals surface area contributed by atoms with Crippen LogP contribution in [0.15, 0.2) is 24.4 Å². The van der Waals surface area contributed by atoms with Crippen LogP contribution >= 0.6 is 0 Å². The molecule has 2 amide bonds. The van der Waals surface area contributed by atoms with Crippen LogP contribution in [0.2, 0.25) is 0 Å². The van der Waals surface area contributed by atoms with E-state index >= 15 is 0 Å². The minimum Gasteiger partial charge on any atom is -0.396 e. The Morgan fingerprint density at radius 3 is 2.86 bits per heavy atom. The molecular weight excluding hydrogens is 270 g/mol. The van der Waals surface area contributed by atoms with E-state index in [-0.39, 0.29) is 18.7 Å². The molecule has 1 aliphatic rings. The van der Waals surface area contributed by atoms with Gasteiger partial charge in [-0.3, -0.25) is 9.72 Å². The molecule has 112 valence electrons. The number of hydrogen-bond acceptors (Lipinski definition) is 4. The number of pyridine rings is 1. The standard InChI is InChI=1S/C14H19N5O2/c20-9-10-4-6-11(7-5-10)15-14(21)16-13-18-17-12-3-1-2-8-19(12)13/h1-3,8,10-11,20H,4-7,9H2,(H2,15,16,18,21). The zero-order chi connectivity index (χ0) is 14.7. The Kier molecular flexibility index (Phi) is 4.01. The molecule has 0 bridgehead atoms. The summed E-state index contributed by atoms with van der Waals surface area (Å²) in [6.45, 7) is 0.241. The molecule has 3 N–H and O–H groups in total. The van der Waals surface area contributed by atoms with Crippen LogP contribution in [-0.2, 0) is 0 Å². The number of nitrogens with zero attached hydrogens (tertiary/aromatic N) is 3. The van der Waals surface area contributed by atoms with E-state index in [1.165, 1.54) is 0 Å². The van der Waals surface area contributed by atoms with Crippen molar-refractivity contribution in [2.24, 2.45) is 5.92 Å². The first kappa shape index (κ1) is 13.8. The molecule has 0 atom stereocenters. The highest BCUT2D eigenvalue weighted by Crippen LogP contribution is 2.23. The fraction of sp³-hybridized carbons (Fsp3) is 0.500. The van der Waals surface area contributed by atoms with Crippen LogP contribution in [0, 0.1) is 5.92 Å². The molecule has 1 saturated carbocycles. The van der Waals surface area contributed by atoms with E-state index in [2.05, 4.69) is 20.8 Å². The molecule has 2 aromatic heterocycles. The number of fused-ring (bicyclic) bond motifs is 1. The molecule has 21 heavy (non-hydrogen) atoms. The molecular formula is C14H19N5O2. The summed E-state index contributed by atoms with van der Waals surface area (Å²) in [4.78, 5) is 12.0. The van der Waals surface area contributed by atoms with Crippen molar-refractivity contribution in [3.63, 3.8) is 0 Å². The van der Waals surface area contributed by atoms with Crippen molar-refractivity contribution >= 4 is 17.6 Å². The first-order chi connectivity index (χ1) is 10.3. The van der Waals surface area contributed by atoms with Gasteiger partial charge in [0.2, 0.25) is 5.95 Å². The molecule has 0 radical (unpaired) electrons. The van der Waals surface area contributed by atoms with Crippen molar-refractivity contribution in [3.05, 3.63) is 24.4 Å². The monoisotopic (exact) mass is 289 g/mol. The van der Waals surface area contributed by atoms with Crippen LogP contribution in [0.5, 0.6) is 0 Å². The topological polar surface area (TPSA) is 91.6 Å². The first-order valence-electron chi connectivity index (χ1n) is 7.24. The van der Waals surface area contributed by atoms with E-state index in [0.29, 0.717) is 17.5 Å². The van der Waals surface area contributed by atoms with Gasteiger partial charge in [0.05, 0.1) is 0 Å². The lowest BCUT2D eigenvalue weighted by Gasteiger charge is -2.27. The summed E-state index contributed by atoms with van der Waals surface area (Å²) in [5.74, 6) is 0.790.